The summed E-state index contributed by atoms with van der Waals surface area (Å²) in [5.74, 6) is 0.687. The molecule has 1 unspecified atom stereocenters. The zero-order chi connectivity index (χ0) is 20.4. The summed E-state index contributed by atoms with van der Waals surface area (Å²) < 4.78 is 3.44. The molecule has 4 rings (SSSR count). The monoisotopic (exact) mass is 393 g/mol. The first kappa shape index (κ1) is 19.4. The van der Waals surface area contributed by atoms with E-state index in [1.54, 1.807) is 40.1 Å². The second-order valence-electron chi connectivity index (χ2n) is 7.84. The van der Waals surface area contributed by atoms with Crippen molar-refractivity contribution in [2.45, 2.75) is 64.6 Å². The molecule has 0 saturated heterocycles. The van der Waals surface area contributed by atoms with Gasteiger partial charge in [0.25, 0.3) is 5.56 Å². The van der Waals surface area contributed by atoms with Crippen LogP contribution in [0.3, 0.4) is 0 Å². The molecule has 1 saturated carbocycles. The van der Waals surface area contributed by atoms with Crippen LogP contribution in [0.5, 0.6) is 0 Å². The second kappa shape index (κ2) is 8.24. The van der Waals surface area contributed by atoms with Crippen molar-refractivity contribution in [2.24, 2.45) is 0 Å². The lowest BCUT2D eigenvalue weighted by Crippen LogP contribution is -2.38. The van der Waals surface area contributed by atoms with Crippen molar-refractivity contribution in [1.29, 1.82) is 0 Å². The Morgan fingerprint density at radius 3 is 2.55 bits per heavy atom. The summed E-state index contributed by atoms with van der Waals surface area (Å²) >= 11 is 0. The summed E-state index contributed by atoms with van der Waals surface area (Å²) in [4.78, 5) is 21.0. The molecule has 1 aliphatic rings. The topological polar surface area (TPSA) is 90.5 Å². The predicted octanol–water partition coefficient (Wildman–Crippen LogP) is 2.67. The molecule has 0 spiro atoms. The van der Waals surface area contributed by atoms with Gasteiger partial charge in [-0.1, -0.05) is 0 Å². The van der Waals surface area contributed by atoms with Gasteiger partial charge in [0.1, 0.15) is 0 Å². The molecule has 0 radical (unpaired) electrons. The van der Waals surface area contributed by atoms with Crippen LogP contribution in [0.2, 0.25) is 0 Å². The molecule has 152 valence electrons. The van der Waals surface area contributed by atoms with Crippen LogP contribution in [0, 0.1) is 13.8 Å². The zero-order valence-electron chi connectivity index (χ0n) is 17.1. The number of aromatic nitrogens is 6. The molecular formula is C21H27N7O. The third kappa shape index (κ3) is 4.27. The highest BCUT2D eigenvalue weighted by Crippen LogP contribution is 2.28. The highest BCUT2D eigenvalue weighted by molar-refractivity contribution is 5.24. The van der Waals surface area contributed by atoms with E-state index < -0.39 is 0 Å². The van der Waals surface area contributed by atoms with Gasteiger partial charge < -0.3 is 5.32 Å². The molecule has 0 amide bonds. The molecule has 3 heterocycles. The molecule has 8 heteroatoms. The summed E-state index contributed by atoms with van der Waals surface area (Å²) in [5, 5.41) is 12.8. The van der Waals surface area contributed by atoms with E-state index in [-0.39, 0.29) is 17.6 Å². The third-order valence-corrected chi connectivity index (χ3v) is 5.59. The normalized spacial score (nSPS) is 20.5. The fraction of sp³-hybridized carbons (Fsp3) is 0.476. The van der Waals surface area contributed by atoms with Gasteiger partial charge in [-0.25, -0.2) is 9.36 Å². The van der Waals surface area contributed by atoms with Gasteiger partial charge >= 0.3 is 0 Å². The van der Waals surface area contributed by atoms with E-state index in [0.29, 0.717) is 11.9 Å². The Bertz CT molecular complexity index is 1020. The highest BCUT2D eigenvalue weighted by atomic mass is 16.1. The molecule has 0 aromatic carbocycles. The van der Waals surface area contributed by atoms with Gasteiger partial charge in [0.15, 0.2) is 5.82 Å². The summed E-state index contributed by atoms with van der Waals surface area (Å²) in [6, 6.07) is 6.02. The molecular weight excluding hydrogens is 366 g/mol. The minimum Gasteiger partial charge on any atom is -0.306 e. The number of nitrogens with one attached hydrogen (secondary N) is 1. The lowest BCUT2D eigenvalue weighted by Gasteiger charge is -2.31. The molecule has 1 atom stereocenters. The molecule has 1 fully saturated rings. The van der Waals surface area contributed by atoms with Crippen molar-refractivity contribution in [1.82, 2.24) is 34.8 Å². The molecule has 8 nitrogen and oxygen atoms in total. The maximum atomic E-state index is 12.5. The van der Waals surface area contributed by atoms with E-state index in [0.717, 1.165) is 42.8 Å². The Morgan fingerprint density at radius 1 is 1.10 bits per heavy atom. The van der Waals surface area contributed by atoms with Crippen molar-refractivity contribution >= 4 is 0 Å². The van der Waals surface area contributed by atoms with Crippen molar-refractivity contribution < 1.29 is 0 Å². The molecule has 0 bridgehead atoms. The third-order valence-electron chi connectivity index (χ3n) is 5.59. The first-order valence-corrected chi connectivity index (χ1v) is 10.2. The van der Waals surface area contributed by atoms with E-state index in [1.807, 2.05) is 19.9 Å². The minimum atomic E-state index is -0.0559. The van der Waals surface area contributed by atoms with Gasteiger partial charge in [0.05, 0.1) is 17.4 Å². The van der Waals surface area contributed by atoms with Gasteiger partial charge in [-0.15, -0.1) is 5.10 Å². The molecule has 3 aromatic rings. The van der Waals surface area contributed by atoms with Crippen LogP contribution in [0.15, 0.2) is 41.6 Å². The average molecular weight is 393 g/mol. The summed E-state index contributed by atoms with van der Waals surface area (Å²) in [5.41, 5.74) is 2.83. The number of rotatable bonds is 5. The van der Waals surface area contributed by atoms with Crippen LogP contribution in [0.1, 0.15) is 61.8 Å². The van der Waals surface area contributed by atoms with Crippen LogP contribution >= 0.6 is 0 Å². The predicted molar refractivity (Wildman–Crippen MR) is 110 cm³/mol. The number of hydrogen-bond donors (Lipinski definition) is 1. The van der Waals surface area contributed by atoms with Gasteiger partial charge in [-0.3, -0.25) is 14.8 Å². The van der Waals surface area contributed by atoms with Gasteiger partial charge in [-0.05, 0) is 58.6 Å². The fourth-order valence-corrected chi connectivity index (χ4v) is 4.11. The Kier molecular flexibility index (Phi) is 5.53. The summed E-state index contributed by atoms with van der Waals surface area (Å²) in [7, 11) is 0. The smallest absolute Gasteiger partial charge is 0.267 e. The van der Waals surface area contributed by atoms with Gasteiger partial charge in [0.2, 0.25) is 0 Å². The van der Waals surface area contributed by atoms with Crippen LogP contribution < -0.4 is 10.9 Å². The number of hydrogen-bond acceptors (Lipinski definition) is 6. The Hall–Kier alpha value is -2.87. The van der Waals surface area contributed by atoms with Crippen LogP contribution in [-0.4, -0.2) is 35.6 Å². The van der Waals surface area contributed by atoms with Crippen molar-refractivity contribution in [2.75, 3.05) is 0 Å². The molecule has 3 aromatic heterocycles. The first-order valence-electron chi connectivity index (χ1n) is 10.2. The Balaban J connectivity index is 1.44. The Morgan fingerprint density at radius 2 is 1.90 bits per heavy atom. The second-order valence-corrected chi connectivity index (χ2v) is 7.84. The van der Waals surface area contributed by atoms with Crippen molar-refractivity contribution in [3.63, 3.8) is 0 Å². The number of nitrogens with zero attached hydrogens (tertiary/aromatic N) is 6. The molecule has 1 aliphatic carbocycles. The van der Waals surface area contributed by atoms with E-state index in [2.05, 4.69) is 32.4 Å². The van der Waals surface area contributed by atoms with E-state index >= 15 is 0 Å². The Labute approximate surface area is 170 Å². The van der Waals surface area contributed by atoms with Crippen LogP contribution in [-0.2, 0) is 0 Å². The molecule has 0 aliphatic heterocycles. The van der Waals surface area contributed by atoms with Crippen molar-refractivity contribution in [3.05, 3.63) is 64.2 Å². The molecule has 29 heavy (non-hydrogen) atoms. The zero-order valence-corrected chi connectivity index (χ0v) is 17.1. The summed E-state index contributed by atoms with van der Waals surface area (Å²) in [6.07, 6.45) is 9.03. The minimum absolute atomic E-state index is 0.0559. The maximum absolute atomic E-state index is 12.5. The largest absolute Gasteiger partial charge is 0.306 e. The molecule has 1 N–H and O–H groups in total. The van der Waals surface area contributed by atoms with Crippen molar-refractivity contribution in [3.8, 4) is 5.82 Å². The fourth-order valence-electron chi connectivity index (χ4n) is 4.11. The lowest BCUT2D eigenvalue weighted by atomic mass is 9.90. The SMILES string of the molecule is Cc1cc(C)n(-c2ccc(=O)n(C3CCC(NC(C)c4cnccn4)CC3)n2)n1. The maximum Gasteiger partial charge on any atom is 0.267 e. The lowest BCUT2D eigenvalue weighted by molar-refractivity contribution is 0.257. The van der Waals surface area contributed by atoms with E-state index in [4.69, 9.17) is 0 Å². The van der Waals surface area contributed by atoms with Crippen LogP contribution in [0.25, 0.3) is 5.82 Å². The first-order chi connectivity index (χ1) is 14.0. The standard InChI is InChI=1S/C21H27N7O/c1-14-12-15(2)27(25-14)20-8-9-21(29)28(26-20)18-6-4-17(5-7-18)24-16(3)19-13-22-10-11-23-19/h8-13,16-18,24H,4-7H2,1-3H3. The van der Waals surface area contributed by atoms with E-state index in [1.165, 1.54) is 0 Å². The number of aryl methyl sites for hydroxylation is 2. The van der Waals surface area contributed by atoms with Gasteiger partial charge in [-0.2, -0.15) is 5.10 Å². The van der Waals surface area contributed by atoms with E-state index in [9.17, 15) is 4.79 Å². The quantitative estimate of drug-likeness (QED) is 0.717. The van der Waals surface area contributed by atoms with Crippen LogP contribution in [0.4, 0.5) is 0 Å². The highest BCUT2D eigenvalue weighted by Gasteiger charge is 2.25. The average Bonchev–Trinajstić information content (AvgIpc) is 3.08. The van der Waals surface area contributed by atoms with Gasteiger partial charge in [0, 0.05) is 42.4 Å². The summed E-state index contributed by atoms with van der Waals surface area (Å²) in [6.45, 7) is 6.06.